The summed E-state index contributed by atoms with van der Waals surface area (Å²) in [5.74, 6) is 0. The van der Waals surface area contributed by atoms with Gasteiger partial charge in [-0.25, -0.2) is 0 Å². The average Bonchev–Trinajstić information content (AvgIpc) is 2.43. The van der Waals surface area contributed by atoms with Gasteiger partial charge in [0.25, 0.3) is 0 Å². The fraction of sp³-hybridized carbons (Fsp3) is 0.667. The van der Waals surface area contributed by atoms with E-state index in [1.54, 1.807) is 12.4 Å². The van der Waals surface area contributed by atoms with Crippen LogP contribution < -0.4 is 0 Å². The van der Waals surface area contributed by atoms with Crippen molar-refractivity contribution >= 4 is 0 Å². The molecular formula is C6H13N3. The van der Waals surface area contributed by atoms with E-state index in [4.69, 9.17) is 0 Å². The van der Waals surface area contributed by atoms with E-state index in [1.165, 1.54) is 12.8 Å². The zero-order valence-electron chi connectivity index (χ0n) is 5.96. The lowest BCUT2D eigenvalue weighted by molar-refractivity contribution is 0.886. The highest BCUT2D eigenvalue weighted by molar-refractivity contribution is 4.54. The van der Waals surface area contributed by atoms with Gasteiger partial charge in [-0.3, -0.25) is 5.10 Å². The van der Waals surface area contributed by atoms with Crippen LogP contribution >= 0.6 is 0 Å². The number of nitrogens with one attached hydrogen (secondary N) is 1. The summed E-state index contributed by atoms with van der Waals surface area (Å²) in [6.45, 7) is 4.36. The standard InChI is InChI=1S/C4H10.C2H3N3/c1-3-4-2;1-2-4-5-3-1/h3-4H2,1-2H3;1-2H,(H,3,4,5). The minimum atomic E-state index is 1.32. The van der Waals surface area contributed by atoms with E-state index in [0.717, 1.165) is 0 Å². The molecule has 9 heavy (non-hydrogen) atoms. The highest BCUT2D eigenvalue weighted by Crippen LogP contribution is 1.76. The lowest BCUT2D eigenvalue weighted by atomic mass is 10.4. The van der Waals surface area contributed by atoms with Gasteiger partial charge in [0.05, 0.1) is 6.20 Å². The average molecular weight is 127 g/mol. The van der Waals surface area contributed by atoms with Gasteiger partial charge in [-0.1, -0.05) is 31.9 Å². The molecule has 3 nitrogen and oxygen atoms in total. The maximum atomic E-state index is 3.42. The van der Waals surface area contributed by atoms with Gasteiger partial charge in [0.15, 0.2) is 0 Å². The van der Waals surface area contributed by atoms with Crippen molar-refractivity contribution in [3.05, 3.63) is 12.4 Å². The molecule has 0 spiro atoms. The molecule has 1 rings (SSSR count). The van der Waals surface area contributed by atoms with Crippen LogP contribution in [0, 0.1) is 0 Å². The Morgan fingerprint density at radius 1 is 1.33 bits per heavy atom. The first kappa shape index (κ1) is 8.14. The molecular weight excluding hydrogens is 114 g/mol. The number of hydrogen-bond donors (Lipinski definition) is 1. The van der Waals surface area contributed by atoms with Crippen LogP contribution in [0.25, 0.3) is 0 Å². The summed E-state index contributed by atoms with van der Waals surface area (Å²) in [6.07, 6.45) is 5.88. The van der Waals surface area contributed by atoms with Gasteiger partial charge in [-0.2, -0.15) is 0 Å². The van der Waals surface area contributed by atoms with Crippen LogP contribution in [0.2, 0.25) is 0 Å². The van der Waals surface area contributed by atoms with Gasteiger partial charge in [-0.15, -0.1) is 5.10 Å². The molecule has 0 aliphatic rings. The summed E-state index contributed by atoms with van der Waals surface area (Å²) >= 11 is 0. The Bertz CT molecular complexity index is 83.8. The molecule has 0 unspecified atom stereocenters. The normalized spacial score (nSPS) is 7.78. The Hall–Kier alpha value is -0.860. The monoisotopic (exact) mass is 127 g/mol. The zero-order valence-corrected chi connectivity index (χ0v) is 5.96. The summed E-state index contributed by atoms with van der Waals surface area (Å²) in [5, 5.41) is 9.26. The fourth-order valence-electron chi connectivity index (χ4n) is 0.167. The summed E-state index contributed by atoms with van der Waals surface area (Å²) in [4.78, 5) is 0. The third-order valence-corrected chi connectivity index (χ3v) is 0.831. The Balaban J connectivity index is 0.000000148. The molecule has 1 aromatic heterocycles. The van der Waals surface area contributed by atoms with Gasteiger partial charge in [-0.05, 0) is 0 Å². The largest absolute Gasteiger partial charge is 0.266 e. The minimum Gasteiger partial charge on any atom is -0.266 e. The van der Waals surface area contributed by atoms with Crippen LogP contribution in [-0.4, -0.2) is 15.4 Å². The Morgan fingerprint density at radius 3 is 2.11 bits per heavy atom. The first-order valence-corrected chi connectivity index (χ1v) is 3.22. The second-order valence-corrected chi connectivity index (χ2v) is 1.66. The van der Waals surface area contributed by atoms with Crippen molar-refractivity contribution in [3.63, 3.8) is 0 Å². The summed E-state index contributed by atoms with van der Waals surface area (Å²) in [6, 6.07) is 0. The molecule has 3 heteroatoms. The Morgan fingerprint density at radius 2 is 2.00 bits per heavy atom. The molecule has 0 aliphatic heterocycles. The van der Waals surface area contributed by atoms with Crippen LogP contribution in [0.1, 0.15) is 26.7 Å². The van der Waals surface area contributed by atoms with Gasteiger partial charge < -0.3 is 0 Å². The zero-order chi connectivity index (χ0) is 6.95. The van der Waals surface area contributed by atoms with Crippen LogP contribution in [0.3, 0.4) is 0 Å². The summed E-state index contributed by atoms with van der Waals surface area (Å²) in [5.41, 5.74) is 0. The maximum absolute atomic E-state index is 3.42. The molecule has 0 fully saturated rings. The molecule has 0 saturated carbocycles. The third kappa shape index (κ3) is 7.14. The Labute approximate surface area is 55.5 Å². The van der Waals surface area contributed by atoms with Crippen LogP contribution in [0.4, 0.5) is 0 Å². The van der Waals surface area contributed by atoms with Gasteiger partial charge >= 0.3 is 0 Å². The molecule has 1 aromatic rings. The van der Waals surface area contributed by atoms with Gasteiger partial charge in [0.1, 0.15) is 0 Å². The first-order chi connectivity index (χ1) is 4.41. The molecule has 1 heterocycles. The molecule has 0 aromatic carbocycles. The fourth-order valence-corrected chi connectivity index (χ4v) is 0.167. The Kier molecular flexibility index (Phi) is 6.46. The van der Waals surface area contributed by atoms with E-state index < -0.39 is 0 Å². The number of rotatable bonds is 1. The molecule has 0 atom stereocenters. The lowest BCUT2D eigenvalue weighted by Gasteiger charge is -1.68. The van der Waals surface area contributed by atoms with Crippen molar-refractivity contribution in [1.29, 1.82) is 0 Å². The molecule has 0 radical (unpaired) electrons. The number of nitrogens with zero attached hydrogens (tertiary/aromatic N) is 2. The van der Waals surface area contributed by atoms with Gasteiger partial charge in [0, 0.05) is 6.20 Å². The van der Waals surface area contributed by atoms with E-state index in [9.17, 15) is 0 Å². The van der Waals surface area contributed by atoms with E-state index in [2.05, 4.69) is 29.3 Å². The molecule has 0 bridgehead atoms. The van der Waals surface area contributed by atoms with Crippen molar-refractivity contribution in [2.75, 3.05) is 0 Å². The SMILES string of the molecule is CCCC.c1c[nH]nn1. The van der Waals surface area contributed by atoms with E-state index in [1.807, 2.05) is 0 Å². The van der Waals surface area contributed by atoms with Crippen molar-refractivity contribution < 1.29 is 0 Å². The number of aromatic nitrogens is 3. The predicted molar refractivity (Wildman–Crippen MR) is 37.0 cm³/mol. The lowest BCUT2D eigenvalue weighted by Crippen LogP contribution is -1.61. The highest BCUT2D eigenvalue weighted by atomic mass is 15.3. The van der Waals surface area contributed by atoms with E-state index in [-0.39, 0.29) is 0 Å². The molecule has 0 amide bonds. The van der Waals surface area contributed by atoms with Crippen LogP contribution in [0.5, 0.6) is 0 Å². The molecule has 52 valence electrons. The minimum absolute atomic E-state index is 1.32. The molecule has 0 aliphatic carbocycles. The quantitative estimate of drug-likeness (QED) is 0.622. The summed E-state index contributed by atoms with van der Waals surface area (Å²) in [7, 11) is 0. The maximum Gasteiger partial charge on any atom is 0.0690 e. The second kappa shape index (κ2) is 7.14. The predicted octanol–water partition coefficient (Wildman–Crippen LogP) is 1.61. The number of hydrogen-bond acceptors (Lipinski definition) is 2. The topological polar surface area (TPSA) is 41.6 Å². The highest BCUT2D eigenvalue weighted by Gasteiger charge is 1.57. The van der Waals surface area contributed by atoms with E-state index >= 15 is 0 Å². The smallest absolute Gasteiger partial charge is 0.0690 e. The number of unbranched alkanes of at least 4 members (excludes halogenated alkanes) is 1. The van der Waals surface area contributed by atoms with Crippen molar-refractivity contribution in [2.45, 2.75) is 26.7 Å². The van der Waals surface area contributed by atoms with Crippen molar-refractivity contribution in [2.24, 2.45) is 0 Å². The number of H-pyrrole nitrogens is 1. The van der Waals surface area contributed by atoms with Gasteiger partial charge in [0.2, 0.25) is 0 Å². The van der Waals surface area contributed by atoms with Crippen molar-refractivity contribution in [1.82, 2.24) is 15.4 Å². The first-order valence-electron chi connectivity index (χ1n) is 3.22. The summed E-state index contributed by atoms with van der Waals surface area (Å²) < 4.78 is 0. The number of aromatic amines is 1. The second-order valence-electron chi connectivity index (χ2n) is 1.66. The van der Waals surface area contributed by atoms with Crippen molar-refractivity contribution in [3.8, 4) is 0 Å². The third-order valence-electron chi connectivity index (χ3n) is 0.831. The van der Waals surface area contributed by atoms with Crippen LogP contribution in [0.15, 0.2) is 12.4 Å². The van der Waals surface area contributed by atoms with Crippen LogP contribution in [-0.2, 0) is 0 Å². The molecule has 0 saturated heterocycles. The molecule has 1 N–H and O–H groups in total. The van der Waals surface area contributed by atoms with E-state index in [0.29, 0.717) is 0 Å².